The maximum absolute atomic E-state index is 13.3. The number of anilines is 2. The predicted molar refractivity (Wildman–Crippen MR) is 115 cm³/mol. The number of aromatic nitrogens is 2. The first-order chi connectivity index (χ1) is 15.2. The molecule has 0 saturated carbocycles. The van der Waals surface area contributed by atoms with Gasteiger partial charge in [-0.1, -0.05) is 47.6 Å². The molecule has 2 aromatic carbocycles. The summed E-state index contributed by atoms with van der Waals surface area (Å²) >= 11 is 0. The van der Waals surface area contributed by atoms with Gasteiger partial charge in [0.25, 0.3) is 0 Å². The Bertz CT molecular complexity index is 1100. The summed E-state index contributed by atoms with van der Waals surface area (Å²) < 4.78 is 5.44. The molecule has 1 unspecified atom stereocenters. The number of fused-ring (bicyclic) bond motifs is 1. The van der Waals surface area contributed by atoms with E-state index in [1.54, 1.807) is 4.90 Å². The number of rotatable bonds is 4. The van der Waals surface area contributed by atoms with Crippen LogP contribution in [-0.4, -0.2) is 46.5 Å². The number of piperidine rings is 1. The minimum absolute atomic E-state index is 0.0116. The first-order valence-electron chi connectivity index (χ1n) is 10.5. The minimum Gasteiger partial charge on any atom is -0.338 e. The standard InChI is InChI=1S/C23H23N5O3/c29-20-14-28(19-11-5-4-10-18(19)24-20)23(30)17-9-6-12-27(13-17)15-21-25-22(26-31-21)16-7-2-1-3-8-16/h1-5,7-8,10-11,17H,6,9,12-15H2,(H,24,29). The molecule has 5 rings (SSSR count). The molecule has 2 aliphatic heterocycles. The van der Waals surface area contributed by atoms with Gasteiger partial charge >= 0.3 is 0 Å². The second-order valence-corrected chi connectivity index (χ2v) is 7.94. The van der Waals surface area contributed by atoms with Crippen LogP contribution in [0.5, 0.6) is 0 Å². The van der Waals surface area contributed by atoms with Crippen molar-refractivity contribution in [2.24, 2.45) is 5.92 Å². The molecule has 0 aliphatic carbocycles. The second-order valence-electron chi connectivity index (χ2n) is 7.94. The maximum Gasteiger partial charge on any atom is 0.244 e. The largest absolute Gasteiger partial charge is 0.338 e. The highest BCUT2D eigenvalue weighted by Crippen LogP contribution is 2.31. The van der Waals surface area contributed by atoms with Crippen LogP contribution in [0.25, 0.3) is 11.4 Å². The van der Waals surface area contributed by atoms with Gasteiger partial charge in [-0.15, -0.1) is 0 Å². The lowest BCUT2D eigenvalue weighted by molar-refractivity contribution is -0.126. The van der Waals surface area contributed by atoms with E-state index in [2.05, 4.69) is 20.4 Å². The summed E-state index contributed by atoms with van der Waals surface area (Å²) in [7, 11) is 0. The summed E-state index contributed by atoms with van der Waals surface area (Å²) in [5, 5.41) is 6.91. The molecule has 0 radical (unpaired) electrons. The Kier molecular flexibility index (Phi) is 5.21. The van der Waals surface area contributed by atoms with E-state index < -0.39 is 0 Å². The molecule has 1 fully saturated rings. The molecule has 2 amide bonds. The van der Waals surface area contributed by atoms with Crippen molar-refractivity contribution in [2.45, 2.75) is 19.4 Å². The van der Waals surface area contributed by atoms with E-state index in [1.165, 1.54) is 0 Å². The molecule has 1 aromatic heterocycles. The van der Waals surface area contributed by atoms with Gasteiger partial charge in [-0.05, 0) is 31.5 Å². The fourth-order valence-electron chi connectivity index (χ4n) is 4.27. The van der Waals surface area contributed by atoms with E-state index in [0.717, 1.165) is 30.6 Å². The highest BCUT2D eigenvalue weighted by molar-refractivity contribution is 6.10. The normalized spacial score (nSPS) is 19.0. The number of carbonyl (C=O) groups is 2. The average Bonchev–Trinajstić information content (AvgIpc) is 3.27. The summed E-state index contributed by atoms with van der Waals surface area (Å²) in [6.45, 7) is 2.02. The molecule has 8 heteroatoms. The van der Waals surface area contributed by atoms with Crippen molar-refractivity contribution in [1.82, 2.24) is 15.0 Å². The zero-order valence-electron chi connectivity index (χ0n) is 17.0. The molecular weight excluding hydrogens is 394 g/mol. The van der Waals surface area contributed by atoms with Crippen molar-refractivity contribution >= 4 is 23.2 Å². The van der Waals surface area contributed by atoms with Crippen LogP contribution in [-0.2, 0) is 16.1 Å². The molecule has 1 saturated heterocycles. The molecule has 3 aromatic rings. The lowest BCUT2D eigenvalue weighted by Gasteiger charge is -2.36. The number of likely N-dealkylation sites (tertiary alicyclic amines) is 1. The molecule has 1 atom stereocenters. The molecule has 8 nitrogen and oxygen atoms in total. The van der Waals surface area contributed by atoms with E-state index in [4.69, 9.17) is 4.52 Å². The molecular formula is C23H23N5O3. The highest BCUT2D eigenvalue weighted by atomic mass is 16.5. The summed E-state index contributed by atoms with van der Waals surface area (Å²) in [5.41, 5.74) is 2.35. The van der Waals surface area contributed by atoms with Gasteiger partial charge in [0.05, 0.1) is 23.8 Å². The van der Waals surface area contributed by atoms with Crippen molar-refractivity contribution in [2.75, 3.05) is 29.9 Å². The summed E-state index contributed by atoms with van der Waals surface area (Å²) in [5.74, 6) is 0.747. The fraction of sp³-hybridized carbons (Fsp3) is 0.304. The quantitative estimate of drug-likeness (QED) is 0.702. The Hall–Kier alpha value is -3.52. The Labute approximate surface area is 179 Å². The van der Waals surface area contributed by atoms with E-state index in [-0.39, 0.29) is 24.3 Å². The van der Waals surface area contributed by atoms with Gasteiger partial charge in [-0.2, -0.15) is 4.98 Å². The third-order valence-electron chi connectivity index (χ3n) is 5.75. The van der Waals surface area contributed by atoms with Gasteiger partial charge in [0.15, 0.2) is 0 Å². The first-order valence-corrected chi connectivity index (χ1v) is 10.5. The lowest BCUT2D eigenvalue weighted by Crippen LogP contribution is -2.48. The number of nitrogens with zero attached hydrogens (tertiary/aromatic N) is 4. The number of benzene rings is 2. The Morgan fingerprint density at radius 1 is 1.13 bits per heavy atom. The van der Waals surface area contributed by atoms with Gasteiger partial charge in [0.1, 0.15) is 6.54 Å². The Balaban J connectivity index is 1.27. The third kappa shape index (κ3) is 4.06. The van der Waals surface area contributed by atoms with Crippen LogP contribution in [0.4, 0.5) is 11.4 Å². The molecule has 1 N–H and O–H groups in total. The zero-order chi connectivity index (χ0) is 21.2. The number of hydrogen-bond donors (Lipinski definition) is 1. The smallest absolute Gasteiger partial charge is 0.244 e. The third-order valence-corrected chi connectivity index (χ3v) is 5.75. The van der Waals surface area contributed by atoms with Crippen molar-refractivity contribution in [3.8, 4) is 11.4 Å². The summed E-state index contributed by atoms with van der Waals surface area (Å²) in [6.07, 6.45) is 1.70. The molecule has 0 spiro atoms. The second kappa shape index (κ2) is 8.31. The van der Waals surface area contributed by atoms with Crippen molar-refractivity contribution in [3.63, 3.8) is 0 Å². The van der Waals surface area contributed by atoms with Crippen LogP contribution in [0.1, 0.15) is 18.7 Å². The predicted octanol–water partition coefficient (Wildman–Crippen LogP) is 2.93. The van der Waals surface area contributed by atoms with Crippen LogP contribution in [0.3, 0.4) is 0 Å². The average molecular weight is 417 g/mol. The van der Waals surface area contributed by atoms with Gasteiger partial charge < -0.3 is 14.7 Å². The number of carbonyl (C=O) groups excluding carboxylic acids is 2. The van der Waals surface area contributed by atoms with E-state index >= 15 is 0 Å². The first kappa shape index (κ1) is 19.4. The van der Waals surface area contributed by atoms with Crippen LogP contribution in [0, 0.1) is 5.92 Å². The fourth-order valence-corrected chi connectivity index (χ4v) is 4.27. The molecule has 2 aliphatic rings. The Morgan fingerprint density at radius 3 is 2.81 bits per heavy atom. The minimum atomic E-state index is -0.177. The van der Waals surface area contributed by atoms with E-state index in [1.807, 2.05) is 54.6 Å². The van der Waals surface area contributed by atoms with E-state index in [9.17, 15) is 9.59 Å². The van der Waals surface area contributed by atoms with Crippen molar-refractivity contribution in [3.05, 3.63) is 60.5 Å². The SMILES string of the molecule is O=C1CN(C(=O)C2CCCN(Cc3nc(-c4ccccc4)no3)C2)c2ccccc2N1. The Morgan fingerprint density at radius 2 is 1.94 bits per heavy atom. The van der Waals surface area contributed by atoms with Gasteiger partial charge in [0.2, 0.25) is 23.5 Å². The van der Waals surface area contributed by atoms with Crippen molar-refractivity contribution < 1.29 is 14.1 Å². The topological polar surface area (TPSA) is 91.6 Å². The van der Waals surface area contributed by atoms with Crippen LogP contribution < -0.4 is 10.2 Å². The van der Waals surface area contributed by atoms with Gasteiger partial charge in [0, 0.05) is 12.1 Å². The summed E-state index contributed by atoms with van der Waals surface area (Å²) in [4.78, 5) is 33.7. The molecule has 158 valence electrons. The molecule has 0 bridgehead atoms. The van der Waals surface area contributed by atoms with E-state index in [0.29, 0.717) is 30.5 Å². The number of nitrogens with one attached hydrogen (secondary N) is 1. The highest BCUT2D eigenvalue weighted by Gasteiger charge is 2.34. The van der Waals surface area contributed by atoms with Crippen LogP contribution in [0.15, 0.2) is 59.1 Å². The molecule has 31 heavy (non-hydrogen) atoms. The summed E-state index contributed by atoms with van der Waals surface area (Å²) in [6, 6.07) is 17.1. The number of hydrogen-bond acceptors (Lipinski definition) is 6. The zero-order valence-corrected chi connectivity index (χ0v) is 17.0. The monoisotopic (exact) mass is 417 g/mol. The lowest BCUT2D eigenvalue weighted by atomic mass is 9.95. The maximum atomic E-state index is 13.3. The number of para-hydroxylation sites is 2. The number of amides is 2. The van der Waals surface area contributed by atoms with Gasteiger partial charge in [-0.3, -0.25) is 14.5 Å². The molecule has 3 heterocycles. The van der Waals surface area contributed by atoms with Crippen LogP contribution in [0.2, 0.25) is 0 Å². The van der Waals surface area contributed by atoms with Crippen LogP contribution >= 0.6 is 0 Å². The van der Waals surface area contributed by atoms with Gasteiger partial charge in [-0.25, -0.2) is 0 Å². The van der Waals surface area contributed by atoms with Crippen molar-refractivity contribution in [1.29, 1.82) is 0 Å².